The number of rotatable bonds is 4. The highest BCUT2D eigenvalue weighted by molar-refractivity contribution is 5.92. The monoisotopic (exact) mass is 486 g/mol. The Labute approximate surface area is 188 Å². The molecule has 2 amide bonds. The van der Waals surface area contributed by atoms with Crippen LogP contribution in [0, 0.1) is 17.5 Å². The van der Waals surface area contributed by atoms with E-state index in [1.54, 1.807) is 0 Å². The van der Waals surface area contributed by atoms with Crippen molar-refractivity contribution in [2.75, 3.05) is 31.2 Å². The highest BCUT2D eigenvalue weighted by Crippen LogP contribution is 2.31. The Kier molecular flexibility index (Phi) is 6.46. The lowest BCUT2D eigenvalue weighted by molar-refractivity contribution is -0.156. The third-order valence-electron chi connectivity index (χ3n) is 5.01. The number of hydrogen-bond acceptors (Lipinski definition) is 5. The maximum absolute atomic E-state index is 14.9. The molecule has 2 aromatic carbocycles. The predicted octanol–water partition coefficient (Wildman–Crippen LogP) is 4.63. The number of benzene rings is 2. The van der Waals surface area contributed by atoms with E-state index in [1.165, 1.54) is 17.0 Å². The molecule has 3 aromatic rings. The molecule has 0 aliphatic carbocycles. The molecule has 4 rings (SSSR count). The molecule has 1 aliphatic rings. The molecule has 1 saturated heterocycles. The number of anilines is 1. The molecule has 7 nitrogen and oxygen atoms in total. The van der Waals surface area contributed by atoms with Gasteiger partial charge >= 0.3 is 18.1 Å². The Morgan fingerprint density at radius 2 is 1.74 bits per heavy atom. The minimum absolute atomic E-state index is 0.0790. The van der Waals surface area contributed by atoms with Crippen molar-refractivity contribution in [2.45, 2.75) is 12.7 Å². The lowest BCUT2D eigenvalue weighted by atomic mass is 10.1. The molecule has 0 radical (unpaired) electrons. The van der Waals surface area contributed by atoms with Gasteiger partial charge in [-0.05, 0) is 24.3 Å². The van der Waals surface area contributed by atoms with Gasteiger partial charge in [0.15, 0.2) is 0 Å². The summed E-state index contributed by atoms with van der Waals surface area (Å²) in [7, 11) is 0. The van der Waals surface area contributed by atoms with Gasteiger partial charge < -0.3 is 14.1 Å². The van der Waals surface area contributed by atoms with Crippen LogP contribution in [-0.2, 0) is 17.5 Å². The Morgan fingerprint density at radius 3 is 2.35 bits per heavy atom. The number of alkyl halides is 3. The molecule has 34 heavy (non-hydrogen) atoms. The molecule has 0 N–H and O–H groups in total. The number of morpholine rings is 1. The molecule has 0 bridgehead atoms. The van der Waals surface area contributed by atoms with Gasteiger partial charge in [0.2, 0.25) is 5.89 Å². The predicted molar refractivity (Wildman–Crippen MR) is 105 cm³/mol. The van der Waals surface area contributed by atoms with Crippen LogP contribution >= 0.6 is 0 Å². The van der Waals surface area contributed by atoms with E-state index in [2.05, 4.69) is 14.6 Å². The van der Waals surface area contributed by atoms with E-state index >= 15 is 0 Å². The first kappa shape index (κ1) is 23.5. The van der Waals surface area contributed by atoms with Crippen LogP contribution in [0.2, 0.25) is 0 Å². The van der Waals surface area contributed by atoms with Crippen molar-refractivity contribution in [2.24, 2.45) is 0 Å². The topological polar surface area (TPSA) is 71.7 Å². The fourth-order valence-electron chi connectivity index (χ4n) is 3.31. The molecule has 180 valence electrons. The first-order valence-corrected chi connectivity index (χ1v) is 9.92. The number of carbonyl (C=O) groups excluding carboxylic acids is 1. The van der Waals surface area contributed by atoms with Gasteiger partial charge in [-0.25, -0.2) is 18.0 Å². The average molecular weight is 486 g/mol. The molecule has 0 spiro atoms. The molecule has 2 heterocycles. The van der Waals surface area contributed by atoms with Gasteiger partial charge in [0.05, 0.1) is 25.4 Å². The first-order valence-electron chi connectivity index (χ1n) is 9.92. The fourth-order valence-corrected chi connectivity index (χ4v) is 3.31. The van der Waals surface area contributed by atoms with Crippen LogP contribution in [0.25, 0.3) is 11.5 Å². The van der Waals surface area contributed by atoms with Gasteiger partial charge in [-0.3, -0.25) is 4.90 Å². The quantitative estimate of drug-likeness (QED) is 0.503. The van der Waals surface area contributed by atoms with Crippen molar-refractivity contribution in [1.29, 1.82) is 0 Å². The Hall–Kier alpha value is -3.61. The van der Waals surface area contributed by atoms with Gasteiger partial charge in [0, 0.05) is 30.3 Å². The lowest BCUT2D eigenvalue weighted by Crippen LogP contribution is -2.48. The second-order valence-corrected chi connectivity index (χ2v) is 7.28. The maximum atomic E-state index is 14.9. The van der Waals surface area contributed by atoms with Gasteiger partial charge in [-0.1, -0.05) is 6.07 Å². The number of carbonyl (C=O) groups is 1. The molecular weight excluding hydrogens is 470 g/mol. The van der Waals surface area contributed by atoms with Gasteiger partial charge in [-0.2, -0.15) is 13.2 Å². The van der Waals surface area contributed by atoms with Crippen LogP contribution in [0.15, 0.2) is 40.8 Å². The molecule has 0 saturated carbocycles. The minimum atomic E-state index is -4.86. The van der Waals surface area contributed by atoms with E-state index in [4.69, 9.17) is 4.74 Å². The number of aromatic nitrogens is 2. The van der Waals surface area contributed by atoms with Crippen LogP contribution in [-0.4, -0.2) is 47.4 Å². The van der Waals surface area contributed by atoms with E-state index in [-0.39, 0.29) is 43.1 Å². The van der Waals surface area contributed by atoms with Crippen LogP contribution < -0.4 is 4.90 Å². The molecule has 1 aliphatic heterocycles. The Balaban J connectivity index is 1.64. The number of urea groups is 1. The third-order valence-corrected chi connectivity index (χ3v) is 5.01. The summed E-state index contributed by atoms with van der Waals surface area (Å²) >= 11 is 0. The highest BCUT2D eigenvalue weighted by Gasteiger charge is 2.38. The van der Waals surface area contributed by atoms with E-state index in [1.807, 2.05) is 0 Å². The molecule has 0 unspecified atom stereocenters. The zero-order chi connectivity index (χ0) is 24.5. The van der Waals surface area contributed by atoms with E-state index in [9.17, 15) is 31.1 Å². The highest BCUT2D eigenvalue weighted by atomic mass is 19.4. The maximum Gasteiger partial charge on any atom is 0.470 e. The summed E-state index contributed by atoms with van der Waals surface area (Å²) in [6, 6.07) is 5.26. The van der Waals surface area contributed by atoms with Gasteiger partial charge in [0.1, 0.15) is 17.5 Å². The normalized spacial score (nSPS) is 14.4. The van der Waals surface area contributed by atoms with Crippen molar-refractivity contribution in [3.05, 3.63) is 65.3 Å². The zero-order valence-electron chi connectivity index (χ0n) is 17.3. The second-order valence-electron chi connectivity index (χ2n) is 7.28. The van der Waals surface area contributed by atoms with Crippen molar-refractivity contribution >= 4 is 11.7 Å². The van der Waals surface area contributed by atoms with Crippen molar-refractivity contribution in [3.8, 4) is 11.5 Å². The Bertz CT molecular complexity index is 1190. The molecular formula is C21H16F6N4O3. The zero-order valence-corrected chi connectivity index (χ0v) is 17.3. The first-order chi connectivity index (χ1) is 16.1. The van der Waals surface area contributed by atoms with Gasteiger partial charge in [-0.15, -0.1) is 10.2 Å². The Morgan fingerprint density at radius 1 is 1.00 bits per heavy atom. The SMILES string of the molecule is O=C(N1CCOCC1)N(Cc1ccc(-c2nnc(C(F)(F)F)o2)cc1F)c1ccc(F)cc1F. The largest absolute Gasteiger partial charge is 0.470 e. The lowest BCUT2D eigenvalue weighted by Gasteiger charge is -2.33. The van der Waals surface area contributed by atoms with Crippen LogP contribution in [0.3, 0.4) is 0 Å². The molecule has 1 aromatic heterocycles. The number of nitrogens with zero attached hydrogens (tertiary/aromatic N) is 4. The molecule has 1 fully saturated rings. The molecule has 0 atom stereocenters. The summed E-state index contributed by atoms with van der Waals surface area (Å²) in [6.07, 6.45) is -4.86. The van der Waals surface area contributed by atoms with Crippen LogP contribution in [0.5, 0.6) is 0 Å². The van der Waals surface area contributed by atoms with E-state index in [0.29, 0.717) is 6.07 Å². The number of amides is 2. The number of ether oxygens (including phenoxy) is 1. The standard InChI is InChI=1S/C21H16F6N4O3/c22-14-3-4-17(16(24)10-14)31(20(32)30-5-7-33-8-6-30)11-13-2-1-12(9-15(13)23)18-28-29-19(34-18)21(25,26)27/h1-4,9-10H,5-8,11H2. The minimum Gasteiger partial charge on any atom is -0.413 e. The summed E-state index contributed by atoms with van der Waals surface area (Å²) in [6.45, 7) is 0.524. The van der Waals surface area contributed by atoms with Gasteiger partial charge in [0.25, 0.3) is 0 Å². The average Bonchev–Trinajstić information content (AvgIpc) is 3.30. The van der Waals surface area contributed by atoms with Crippen LogP contribution in [0.1, 0.15) is 11.5 Å². The smallest absolute Gasteiger partial charge is 0.413 e. The van der Waals surface area contributed by atoms with Crippen molar-refractivity contribution < 1.29 is 40.3 Å². The summed E-state index contributed by atoms with van der Waals surface area (Å²) in [4.78, 5) is 15.4. The fraction of sp³-hybridized carbons (Fsp3) is 0.286. The summed E-state index contributed by atoms with van der Waals surface area (Å²) < 4.78 is 90.6. The number of hydrogen-bond donors (Lipinski definition) is 0. The summed E-state index contributed by atoms with van der Waals surface area (Å²) in [5, 5.41) is 6.16. The van der Waals surface area contributed by atoms with E-state index < -0.39 is 48.0 Å². The summed E-state index contributed by atoms with van der Waals surface area (Å²) in [5.74, 6) is -4.92. The van der Waals surface area contributed by atoms with Crippen LogP contribution in [0.4, 0.5) is 36.8 Å². The molecule has 13 heteroatoms. The number of halogens is 6. The summed E-state index contributed by atoms with van der Waals surface area (Å²) in [5.41, 5.74) is -0.471. The van der Waals surface area contributed by atoms with Crippen molar-refractivity contribution in [1.82, 2.24) is 15.1 Å². The van der Waals surface area contributed by atoms with Crippen molar-refractivity contribution in [3.63, 3.8) is 0 Å². The second kappa shape index (κ2) is 9.33. The van der Waals surface area contributed by atoms with E-state index in [0.717, 1.165) is 23.1 Å². The third kappa shape index (κ3) is 4.98.